The first-order chi connectivity index (χ1) is 10.2. The van der Waals surface area contributed by atoms with Gasteiger partial charge in [-0.15, -0.1) is 0 Å². The molecule has 2 heterocycles. The fourth-order valence-electron chi connectivity index (χ4n) is 4.06. The topological polar surface area (TPSA) is 15.3 Å². The Kier molecular flexibility index (Phi) is 4.48. The minimum absolute atomic E-state index is 0.0724. The van der Waals surface area contributed by atoms with Crippen molar-refractivity contribution in [2.75, 3.05) is 11.4 Å². The number of nitrogens with one attached hydrogen (secondary N) is 1. The Hall–Kier alpha value is -1.09. The van der Waals surface area contributed by atoms with Gasteiger partial charge in [0.2, 0.25) is 0 Å². The van der Waals surface area contributed by atoms with E-state index in [0.29, 0.717) is 18.1 Å². The summed E-state index contributed by atoms with van der Waals surface area (Å²) in [6.07, 6.45) is 7.41. The van der Waals surface area contributed by atoms with Gasteiger partial charge >= 0.3 is 0 Å². The van der Waals surface area contributed by atoms with Crippen molar-refractivity contribution in [1.82, 2.24) is 5.32 Å². The number of benzene rings is 1. The number of hydrogen-bond acceptors (Lipinski definition) is 2. The molecule has 0 aliphatic carbocycles. The average Bonchev–Trinajstić information content (AvgIpc) is 2.47. The van der Waals surface area contributed by atoms with E-state index in [4.69, 9.17) is 0 Å². The van der Waals surface area contributed by atoms with Crippen molar-refractivity contribution in [3.63, 3.8) is 0 Å². The van der Waals surface area contributed by atoms with Gasteiger partial charge in [0.15, 0.2) is 0 Å². The molecule has 0 radical (unpaired) electrons. The number of aryl methyl sites for hydroxylation is 1. The molecule has 2 aliphatic heterocycles. The Bertz CT molecular complexity index is 474. The van der Waals surface area contributed by atoms with Crippen molar-refractivity contribution in [3.8, 4) is 0 Å². The van der Waals surface area contributed by atoms with Crippen molar-refractivity contribution in [2.45, 2.75) is 70.5 Å². The molecule has 2 atom stereocenters. The smallest absolute Gasteiger partial charge is 0.128 e. The molecular weight excluding hydrogens is 263 g/mol. The Morgan fingerprint density at radius 3 is 2.57 bits per heavy atom. The van der Waals surface area contributed by atoms with Gasteiger partial charge in [0, 0.05) is 23.8 Å². The average molecular weight is 290 g/mol. The lowest BCUT2D eigenvalue weighted by Gasteiger charge is -2.50. The zero-order chi connectivity index (χ0) is 14.8. The molecule has 1 aromatic carbocycles. The summed E-state index contributed by atoms with van der Waals surface area (Å²) >= 11 is 0. The van der Waals surface area contributed by atoms with E-state index in [1.165, 1.54) is 38.5 Å². The molecule has 1 aromatic rings. The second-order valence-electron chi connectivity index (χ2n) is 6.70. The van der Waals surface area contributed by atoms with Gasteiger partial charge in [0.1, 0.15) is 5.82 Å². The van der Waals surface area contributed by atoms with Gasteiger partial charge in [-0.25, -0.2) is 4.39 Å². The van der Waals surface area contributed by atoms with Crippen LogP contribution in [0.4, 0.5) is 10.1 Å². The molecule has 2 bridgehead atoms. The van der Waals surface area contributed by atoms with Crippen molar-refractivity contribution in [1.29, 1.82) is 0 Å². The van der Waals surface area contributed by atoms with E-state index in [0.717, 1.165) is 17.8 Å². The van der Waals surface area contributed by atoms with Gasteiger partial charge in [-0.05, 0) is 69.7 Å². The molecule has 0 saturated carbocycles. The van der Waals surface area contributed by atoms with Crippen molar-refractivity contribution >= 4 is 5.69 Å². The first-order valence-electron chi connectivity index (χ1n) is 8.47. The van der Waals surface area contributed by atoms with E-state index < -0.39 is 0 Å². The maximum atomic E-state index is 13.9. The maximum Gasteiger partial charge on any atom is 0.128 e. The van der Waals surface area contributed by atoms with Crippen molar-refractivity contribution in [2.24, 2.45) is 0 Å². The highest BCUT2D eigenvalue weighted by molar-refractivity contribution is 5.51. The number of piperidine rings is 2. The molecule has 3 rings (SSSR count). The molecule has 2 nitrogen and oxygen atoms in total. The highest BCUT2D eigenvalue weighted by atomic mass is 19.1. The minimum Gasteiger partial charge on any atom is -0.365 e. The first kappa shape index (κ1) is 14.8. The summed E-state index contributed by atoms with van der Waals surface area (Å²) in [6, 6.07) is 7.56. The van der Waals surface area contributed by atoms with Gasteiger partial charge in [0.05, 0.1) is 0 Å². The number of fused-ring (bicyclic) bond motifs is 2. The Morgan fingerprint density at radius 1 is 1.24 bits per heavy atom. The number of hydrogen-bond donors (Lipinski definition) is 1. The van der Waals surface area contributed by atoms with Crippen LogP contribution in [0.1, 0.15) is 51.0 Å². The molecule has 0 aromatic heterocycles. The predicted octanol–water partition coefficient (Wildman–Crippen LogP) is 4.02. The lowest BCUT2D eigenvalue weighted by molar-refractivity contribution is 0.246. The van der Waals surface area contributed by atoms with Crippen LogP contribution in [0.25, 0.3) is 0 Å². The summed E-state index contributed by atoms with van der Waals surface area (Å²) in [5, 5.41) is 3.69. The van der Waals surface area contributed by atoms with E-state index in [9.17, 15) is 4.39 Å². The third-order valence-electron chi connectivity index (χ3n) is 5.11. The van der Waals surface area contributed by atoms with Crippen LogP contribution in [-0.2, 0) is 0 Å². The highest BCUT2D eigenvalue weighted by Gasteiger charge is 2.38. The normalized spacial score (nSPS) is 28.7. The van der Waals surface area contributed by atoms with Crippen LogP contribution in [0, 0.1) is 12.7 Å². The summed E-state index contributed by atoms with van der Waals surface area (Å²) in [7, 11) is 0. The lowest BCUT2D eigenvalue weighted by atomic mass is 9.81. The number of anilines is 1. The molecule has 2 fully saturated rings. The summed E-state index contributed by atoms with van der Waals surface area (Å²) < 4.78 is 13.9. The molecule has 0 amide bonds. The first-order valence-corrected chi connectivity index (χ1v) is 8.47. The van der Waals surface area contributed by atoms with Crippen molar-refractivity contribution in [3.05, 3.63) is 29.6 Å². The number of halogens is 1. The highest BCUT2D eigenvalue weighted by Crippen LogP contribution is 2.38. The molecule has 21 heavy (non-hydrogen) atoms. The quantitative estimate of drug-likeness (QED) is 0.901. The van der Waals surface area contributed by atoms with Gasteiger partial charge in [-0.3, -0.25) is 0 Å². The van der Waals surface area contributed by atoms with Gasteiger partial charge in [0.25, 0.3) is 0 Å². The van der Waals surface area contributed by atoms with Gasteiger partial charge in [-0.2, -0.15) is 0 Å². The number of nitrogens with zero attached hydrogens (tertiary/aromatic N) is 1. The molecule has 2 aliphatic rings. The van der Waals surface area contributed by atoms with E-state index in [1.807, 2.05) is 13.0 Å². The summed E-state index contributed by atoms with van der Waals surface area (Å²) in [5.41, 5.74) is 1.82. The molecule has 2 saturated heterocycles. The van der Waals surface area contributed by atoms with Crippen LogP contribution < -0.4 is 10.2 Å². The van der Waals surface area contributed by atoms with Crippen LogP contribution in [0.5, 0.6) is 0 Å². The zero-order valence-corrected chi connectivity index (χ0v) is 13.2. The van der Waals surface area contributed by atoms with E-state index in [2.05, 4.69) is 23.2 Å². The van der Waals surface area contributed by atoms with Crippen molar-refractivity contribution < 1.29 is 4.39 Å². The van der Waals surface area contributed by atoms with Crippen LogP contribution >= 0.6 is 0 Å². The molecular formula is C18H27FN2. The predicted molar refractivity (Wildman–Crippen MR) is 86.4 cm³/mol. The Morgan fingerprint density at radius 2 is 1.95 bits per heavy atom. The van der Waals surface area contributed by atoms with Gasteiger partial charge in [-0.1, -0.05) is 13.0 Å². The van der Waals surface area contributed by atoms with E-state index in [1.54, 1.807) is 6.07 Å². The lowest BCUT2D eigenvalue weighted by Crippen LogP contribution is -2.56. The summed E-state index contributed by atoms with van der Waals surface area (Å²) in [6.45, 7) is 5.17. The number of rotatable bonds is 4. The van der Waals surface area contributed by atoms with Crippen LogP contribution in [-0.4, -0.2) is 24.7 Å². The van der Waals surface area contributed by atoms with E-state index >= 15 is 0 Å². The summed E-state index contributed by atoms with van der Waals surface area (Å²) in [4.78, 5) is 2.51. The Labute approximate surface area is 127 Å². The SMILES string of the molecule is CCCNC1CC2CCCC(C1)N2c1ccc(C)c(F)c1. The summed E-state index contributed by atoms with van der Waals surface area (Å²) in [5.74, 6) is -0.0724. The van der Waals surface area contributed by atoms with Crippen LogP contribution in [0.2, 0.25) is 0 Å². The largest absolute Gasteiger partial charge is 0.365 e. The fraction of sp³-hybridized carbons (Fsp3) is 0.667. The molecule has 3 heteroatoms. The maximum absolute atomic E-state index is 13.9. The van der Waals surface area contributed by atoms with Crippen LogP contribution in [0.3, 0.4) is 0 Å². The molecule has 2 unspecified atom stereocenters. The Balaban J connectivity index is 1.78. The zero-order valence-electron chi connectivity index (χ0n) is 13.2. The fourth-order valence-corrected chi connectivity index (χ4v) is 4.06. The molecule has 0 spiro atoms. The molecule has 116 valence electrons. The van der Waals surface area contributed by atoms with E-state index in [-0.39, 0.29) is 5.82 Å². The standard InChI is InChI=1S/C18H27FN2/c1-3-9-20-14-10-15-5-4-6-16(11-14)21(15)17-8-7-13(2)18(19)12-17/h7-8,12,14-16,20H,3-6,9-11H2,1-2H3. The third kappa shape index (κ3) is 3.08. The molecule has 1 N–H and O–H groups in total. The second-order valence-corrected chi connectivity index (χ2v) is 6.70. The third-order valence-corrected chi connectivity index (χ3v) is 5.11. The van der Waals surface area contributed by atoms with Crippen LogP contribution in [0.15, 0.2) is 18.2 Å². The second kappa shape index (κ2) is 6.35. The van der Waals surface area contributed by atoms with Gasteiger partial charge < -0.3 is 10.2 Å². The monoisotopic (exact) mass is 290 g/mol. The minimum atomic E-state index is -0.0724.